The molecule has 0 aromatic rings. The van der Waals surface area contributed by atoms with Crippen molar-refractivity contribution in [2.75, 3.05) is 27.3 Å². The van der Waals surface area contributed by atoms with Gasteiger partial charge in [0, 0.05) is 18.7 Å². The summed E-state index contributed by atoms with van der Waals surface area (Å²) in [6.45, 7) is 9.96. The molecular weight excluding hydrogens is 268 g/mol. The minimum absolute atomic E-state index is 0.188. The van der Waals surface area contributed by atoms with E-state index >= 15 is 0 Å². The van der Waals surface area contributed by atoms with E-state index in [1.807, 2.05) is 6.92 Å². The molecule has 21 heavy (non-hydrogen) atoms. The van der Waals surface area contributed by atoms with Crippen LogP contribution in [0.1, 0.15) is 47.0 Å². The van der Waals surface area contributed by atoms with Crippen LogP contribution >= 0.6 is 0 Å². The van der Waals surface area contributed by atoms with E-state index in [1.165, 1.54) is 7.11 Å². The molecule has 1 aliphatic rings. The second-order valence-corrected chi connectivity index (χ2v) is 6.40. The van der Waals surface area contributed by atoms with Crippen LogP contribution in [-0.4, -0.2) is 61.9 Å². The zero-order valence-electron chi connectivity index (χ0n) is 14.4. The number of nitrogens with zero attached hydrogens (tertiary/aromatic N) is 1. The van der Waals surface area contributed by atoms with Crippen LogP contribution < -0.4 is 5.32 Å². The Morgan fingerprint density at radius 3 is 2.71 bits per heavy atom. The van der Waals surface area contributed by atoms with Crippen molar-refractivity contribution in [3.63, 3.8) is 0 Å². The summed E-state index contributed by atoms with van der Waals surface area (Å²) < 4.78 is 10.6. The fourth-order valence-corrected chi connectivity index (χ4v) is 3.17. The van der Waals surface area contributed by atoms with E-state index in [9.17, 15) is 4.79 Å². The number of nitrogens with one attached hydrogen (secondary N) is 1. The van der Waals surface area contributed by atoms with Crippen molar-refractivity contribution in [3.8, 4) is 0 Å². The maximum absolute atomic E-state index is 12.2. The maximum atomic E-state index is 12.2. The summed E-state index contributed by atoms with van der Waals surface area (Å²) in [5.74, 6) is -0.188. The van der Waals surface area contributed by atoms with Gasteiger partial charge in [-0.05, 0) is 53.6 Å². The molecule has 5 heteroatoms. The lowest BCUT2D eigenvalue weighted by Crippen LogP contribution is -2.55. The summed E-state index contributed by atoms with van der Waals surface area (Å²) in [4.78, 5) is 14.5. The molecule has 0 saturated carbocycles. The number of hydrogen-bond donors (Lipinski definition) is 1. The van der Waals surface area contributed by atoms with Crippen molar-refractivity contribution in [2.45, 2.75) is 70.7 Å². The largest absolute Gasteiger partial charge is 0.468 e. The number of methoxy groups -OCH3 is 1. The highest BCUT2D eigenvalue weighted by molar-refractivity contribution is 5.80. The van der Waals surface area contributed by atoms with E-state index in [2.05, 4.69) is 38.0 Å². The molecule has 0 aliphatic carbocycles. The van der Waals surface area contributed by atoms with Crippen LogP contribution in [0.15, 0.2) is 0 Å². The van der Waals surface area contributed by atoms with Crippen molar-refractivity contribution in [1.29, 1.82) is 0 Å². The van der Waals surface area contributed by atoms with Gasteiger partial charge in [0.1, 0.15) is 5.54 Å². The number of hydrogen-bond acceptors (Lipinski definition) is 5. The van der Waals surface area contributed by atoms with E-state index in [0.717, 1.165) is 32.4 Å². The number of carbonyl (C=O) groups excluding carboxylic acids is 1. The number of carbonyl (C=O) groups is 1. The first kappa shape index (κ1) is 18.4. The molecule has 4 atom stereocenters. The number of rotatable bonds is 8. The summed E-state index contributed by atoms with van der Waals surface area (Å²) in [5.41, 5.74) is -0.638. The fraction of sp³-hybridized carbons (Fsp3) is 0.938. The van der Waals surface area contributed by atoms with Gasteiger partial charge in [0.2, 0.25) is 0 Å². The third-order valence-corrected chi connectivity index (χ3v) is 4.66. The predicted octanol–water partition coefficient (Wildman–Crippen LogP) is 1.81. The lowest BCUT2D eigenvalue weighted by atomic mass is 9.91. The zero-order chi connectivity index (χ0) is 16.0. The van der Waals surface area contributed by atoms with E-state index in [0.29, 0.717) is 6.04 Å². The number of esters is 1. The highest BCUT2D eigenvalue weighted by atomic mass is 16.5. The second-order valence-electron chi connectivity index (χ2n) is 6.40. The molecule has 1 fully saturated rings. The third-order valence-electron chi connectivity index (χ3n) is 4.66. The molecule has 0 aromatic carbocycles. The zero-order valence-corrected chi connectivity index (χ0v) is 14.4. The van der Waals surface area contributed by atoms with Gasteiger partial charge < -0.3 is 14.8 Å². The average Bonchev–Trinajstić information content (AvgIpc) is 2.89. The van der Waals surface area contributed by atoms with Gasteiger partial charge in [0.15, 0.2) is 0 Å². The Morgan fingerprint density at radius 2 is 2.24 bits per heavy atom. The Bertz CT molecular complexity index is 337. The van der Waals surface area contributed by atoms with Crippen LogP contribution in [0.5, 0.6) is 0 Å². The topological polar surface area (TPSA) is 50.8 Å². The van der Waals surface area contributed by atoms with Crippen molar-refractivity contribution >= 4 is 5.97 Å². The second kappa shape index (κ2) is 8.11. The summed E-state index contributed by atoms with van der Waals surface area (Å²) in [6, 6.07) is 0.695. The maximum Gasteiger partial charge on any atom is 0.325 e. The normalized spacial score (nSPS) is 26.6. The van der Waals surface area contributed by atoms with Gasteiger partial charge in [0.25, 0.3) is 0 Å². The molecule has 1 saturated heterocycles. The van der Waals surface area contributed by atoms with E-state index in [-0.39, 0.29) is 18.1 Å². The molecule has 124 valence electrons. The standard InChI is InChI=1S/C16H32N2O3/c1-7-9-17-16(4,15(19)20-6)11-12(2)18(5)14-8-10-21-13(14)3/h12-14,17H,7-11H2,1-6H3. The summed E-state index contributed by atoms with van der Waals surface area (Å²) in [7, 11) is 3.58. The van der Waals surface area contributed by atoms with Crippen molar-refractivity contribution < 1.29 is 14.3 Å². The Labute approximate surface area is 129 Å². The van der Waals surface area contributed by atoms with Crippen LogP contribution in [0.2, 0.25) is 0 Å². The van der Waals surface area contributed by atoms with Gasteiger partial charge >= 0.3 is 5.97 Å². The third kappa shape index (κ3) is 4.66. The molecule has 1 heterocycles. The quantitative estimate of drug-likeness (QED) is 0.693. The Kier molecular flexibility index (Phi) is 7.10. The van der Waals surface area contributed by atoms with Gasteiger partial charge in [-0.1, -0.05) is 6.92 Å². The fourth-order valence-electron chi connectivity index (χ4n) is 3.17. The number of likely N-dealkylation sites (N-methyl/N-ethyl adjacent to an activating group) is 1. The van der Waals surface area contributed by atoms with Crippen molar-refractivity contribution in [3.05, 3.63) is 0 Å². The molecule has 1 N–H and O–H groups in total. The molecule has 4 unspecified atom stereocenters. The highest BCUT2D eigenvalue weighted by Crippen LogP contribution is 2.24. The van der Waals surface area contributed by atoms with Crippen LogP contribution in [0.3, 0.4) is 0 Å². The first-order valence-corrected chi connectivity index (χ1v) is 8.02. The smallest absolute Gasteiger partial charge is 0.325 e. The minimum atomic E-state index is -0.638. The first-order chi connectivity index (χ1) is 9.85. The van der Waals surface area contributed by atoms with Crippen LogP contribution in [0, 0.1) is 0 Å². The molecular formula is C16H32N2O3. The van der Waals surface area contributed by atoms with Gasteiger partial charge in [-0.3, -0.25) is 9.69 Å². The molecule has 0 spiro atoms. The average molecular weight is 300 g/mol. The van der Waals surface area contributed by atoms with Crippen molar-refractivity contribution in [2.24, 2.45) is 0 Å². The molecule has 0 radical (unpaired) electrons. The van der Waals surface area contributed by atoms with Crippen LogP contribution in [0.4, 0.5) is 0 Å². The monoisotopic (exact) mass is 300 g/mol. The molecule has 0 bridgehead atoms. The first-order valence-electron chi connectivity index (χ1n) is 8.02. The highest BCUT2D eigenvalue weighted by Gasteiger charge is 2.38. The minimum Gasteiger partial charge on any atom is -0.468 e. The molecule has 0 aromatic heterocycles. The van der Waals surface area contributed by atoms with Crippen LogP contribution in [0.25, 0.3) is 0 Å². The predicted molar refractivity (Wildman–Crippen MR) is 84.4 cm³/mol. The lowest BCUT2D eigenvalue weighted by molar-refractivity contribution is -0.148. The summed E-state index contributed by atoms with van der Waals surface area (Å²) in [6.07, 6.45) is 3.02. The van der Waals surface area contributed by atoms with E-state index in [4.69, 9.17) is 9.47 Å². The Balaban J connectivity index is 2.70. The lowest BCUT2D eigenvalue weighted by Gasteiger charge is -2.37. The van der Waals surface area contributed by atoms with Gasteiger partial charge in [-0.15, -0.1) is 0 Å². The molecule has 0 amide bonds. The summed E-state index contributed by atoms with van der Waals surface area (Å²) >= 11 is 0. The Hall–Kier alpha value is -0.650. The molecule has 1 aliphatic heterocycles. The molecule has 5 nitrogen and oxygen atoms in total. The SMILES string of the molecule is CCCNC(C)(CC(C)N(C)C1CCOC1C)C(=O)OC. The van der Waals surface area contributed by atoms with Crippen molar-refractivity contribution in [1.82, 2.24) is 10.2 Å². The van der Waals surface area contributed by atoms with Gasteiger partial charge in [0.05, 0.1) is 13.2 Å². The van der Waals surface area contributed by atoms with Gasteiger partial charge in [-0.25, -0.2) is 0 Å². The Morgan fingerprint density at radius 1 is 1.57 bits per heavy atom. The van der Waals surface area contributed by atoms with E-state index in [1.54, 1.807) is 0 Å². The van der Waals surface area contributed by atoms with Crippen LogP contribution in [-0.2, 0) is 14.3 Å². The van der Waals surface area contributed by atoms with Gasteiger partial charge in [-0.2, -0.15) is 0 Å². The number of ether oxygens (including phenoxy) is 2. The summed E-state index contributed by atoms with van der Waals surface area (Å²) in [5, 5.41) is 3.35. The molecule has 1 rings (SSSR count). The van der Waals surface area contributed by atoms with E-state index < -0.39 is 5.54 Å².